The maximum atomic E-state index is 13.1. The Balaban J connectivity index is 3.12. The molecule has 0 radical (unpaired) electrons. The zero-order chi connectivity index (χ0) is 26.7. The molecule has 4 atom stereocenters. The number of carboxylic acid groups (broad SMARTS) is 2. The number of carbonyl (C=O) groups excluding carboxylic acids is 3. The Labute approximate surface area is 204 Å². The lowest BCUT2D eigenvalue weighted by atomic mass is 9.99. The maximum absolute atomic E-state index is 13.1. The molecular formula is C24H36N4O7. The maximum Gasteiger partial charge on any atom is 0.326 e. The number of aliphatic carboxylic acids is 2. The molecule has 11 heteroatoms. The zero-order valence-corrected chi connectivity index (χ0v) is 20.5. The Bertz CT molecular complexity index is 889. The van der Waals surface area contributed by atoms with E-state index in [1.54, 1.807) is 44.2 Å². The molecule has 35 heavy (non-hydrogen) atoms. The van der Waals surface area contributed by atoms with E-state index in [4.69, 9.17) is 10.8 Å². The van der Waals surface area contributed by atoms with Gasteiger partial charge in [0.2, 0.25) is 17.7 Å². The van der Waals surface area contributed by atoms with Gasteiger partial charge in [0.05, 0.1) is 12.5 Å². The number of carbonyl (C=O) groups is 5. The van der Waals surface area contributed by atoms with Gasteiger partial charge in [-0.2, -0.15) is 0 Å². The molecule has 0 saturated carbocycles. The largest absolute Gasteiger partial charge is 0.481 e. The van der Waals surface area contributed by atoms with Crippen LogP contribution in [0.4, 0.5) is 0 Å². The number of nitrogens with two attached hydrogens (primary N) is 1. The molecule has 7 N–H and O–H groups in total. The van der Waals surface area contributed by atoms with Gasteiger partial charge < -0.3 is 31.9 Å². The summed E-state index contributed by atoms with van der Waals surface area (Å²) in [5.74, 6) is -5.02. The van der Waals surface area contributed by atoms with E-state index in [0.717, 1.165) is 5.56 Å². The molecule has 194 valence electrons. The molecule has 1 rings (SSSR count). The normalized spacial score (nSPS) is 14.5. The van der Waals surface area contributed by atoms with E-state index in [1.807, 2.05) is 13.8 Å². The van der Waals surface area contributed by atoms with E-state index in [2.05, 4.69) is 16.0 Å². The number of hydrogen-bond acceptors (Lipinski definition) is 6. The summed E-state index contributed by atoms with van der Waals surface area (Å²) >= 11 is 0. The third kappa shape index (κ3) is 10.6. The van der Waals surface area contributed by atoms with Crippen LogP contribution in [0, 0.1) is 11.8 Å². The molecule has 11 nitrogen and oxygen atoms in total. The van der Waals surface area contributed by atoms with Gasteiger partial charge >= 0.3 is 11.9 Å². The second kappa shape index (κ2) is 14.1. The number of carboxylic acids is 2. The minimum absolute atomic E-state index is 0.0273. The van der Waals surface area contributed by atoms with Crippen LogP contribution < -0.4 is 21.7 Å². The fourth-order valence-electron chi connectivity index (χ4n) is 3.36. The summed E-state index contributed by atoms with van der Waals surface area (Å²) in [6.07, 6.45) is -0.308. The van der Waals surface area contributed by atoms with E-state index >= 15 is 0 Å². The first-order valence-corrected chi connectivity index (χ1v) is 11.5. The fraction of sp³-hybridized carbons (Fsp3) is 0.542. The molecular weight excluding hydrogens is 456 g/mol. The van der Waals surface area contributed by atoms with Crippen LogP contribution in [0.15, 0.2) is 30.3 Å². The Morgan fingerprint density at radius 1 is 0.829 bits per heavy atom. The van der Waals surface area contributed by atoms with Gasteiger partial charge in [-0.3, -0.25) is 19.2 Å². The zero-order valence-electron chi connectivity index (χ0n) is 20.5. The molecule has 0 aliphatic heterocycles. The van der Waals surface area contributed by atoms with Crippen LogP contribution >= 0.6 is 0 Å². The summed E-state index contributed by atoms with van der Waals surface area (Å²) < 4.78 is 0. The molecule has 0 bridgehead atoms. The van der Waals surface area contributed by atoms with Gasteiger partial charge in [0.25, 0.3) is 0 Å². The summed E-state index contributed by atoms with van der Waals surface area (Å²) in [6.45, 7) is 6.96. The third-order valence-corrected chi connectivity index (χ3v) is 5.22. The van der Waals surface area contributed by atoms with Crippen molar-refractivity contribution < 1.29 is 34.2 Å². The molecule has 0 aliphatic rings. The lowest BCUT2D eigenvalue weighted by Gasteiger charge is -2.26. The van der Waals surface area contributed by atoms with Crippen molar-refractivity contribution >= 4 is 29.7 Å². The van der Waals surface area contributed by atoms with Crippen LogP contribution in [-0.4, -0.2) is 64.0 Å². The van der Waals surface area contributed by atoms with Crippen molar-refractivity contribution in [3.63, 3.8) is 0 Å². The second-order valence-corrected chi connectivity index (χ2v) is 9.21. The van der Waals surface area contributed by atoms with Crippen molar-refractivity contribution in [2.45, 2.75) is 71.1 Å². The molecule has 0 unspecified atom stereocenters. The molecule has 0 fully saturated rings. The predicted molar refractivity (Wildman–Crippen MR) is 128 cm³/mol. The summed E-state index contributed by atoms with van der Waals surface area (Å²) in [7, 11) is 0. The SMILES string of the molecule is CC(C)C[C@H](NC(=O)[C@@H](N)CC(=O)O)C(=O)N[C@@H](Cc1ccccc1)C(=O)N[C@H](C(=O)O)C(C)C. The Morgan fingerprint density at radius 3 is 1.86 bits per heavy atom. The van der Waals surface area contributed by atoms with Crippen molar-refractivity contribution in [3.8, 4) is 0 Å². The topological polar surface area (TPSA) is 188 Å². The molecule has 3 amide bonds. The first-order valence-electron chi connectivity index (χ1n) is 11.5. The summed E-state index contributed by atoms with van der Waals surface area (Å²) in [4.78, 5) is 61.0. The van der Waals surface area contributed by atoms with Gasteiger partial charge in [-0.1, -0.05) is 58.0 Å². The third-order valence-electron chi connectivity index (χ3n) is 5.22. The highest BCUT2D eigenvalue weighted by atomic mass is 16.4. The first-order chi connectivity index (χ1) is 16.3. The molecule has 1 aromatic rings. The average molecular weight is 493 g/mol. The van der Waals surface area contributed by atoms with Crippen LogP contribution in [0.1, 0.15) is 46.1 Å². The average Bonchev–Trinajstić information content (AvgIpc) is 2.75. The van der Waals surface area contributed by atoms with Gasteiger partial charge in [0.1, 0.15) is 18.1 Å². The van der Waals surface area contributed by atoms with Crippen LogP contribution in [-0.2, 0) is 30.4 Å². The quantitative estimate of drug-likeness (QED) is 0.213. The van der Waals surface area contributed by atoms with E-state index in [0.29, 0.717) is 0 Å². The highest BCUT2D eigenvalue weighted by molar-refractivity contribution is 5.94. The van der Waals surface area contributed by atoms with Gasteiger partial charge in [0, 0.05) is 6.42 Å². The summed E-state index contributed by atoms with van der Waals surface area (Å²) in [6, 6.07) is 4.17. The molecule has 0 spiro atoms. The molecule has 0 aliphatic carbocycles. The van der Waals surface area contributed by atoms with Gasteiger partial charge in [-0.05, 0) is 23.8 Å². The van der Waals surface area contributed by atoms with Crippen molar-refractivity contribution in [2.24, 2.45) is 17.6 Å². The second-order valence-electron chi connectivity index (χ2n) is 9.21. The Kier molecular flexibility index (Phi) is 11.9. The van der Waals surface area contributed by atoms with E-state index in [-0.39, 0.29) is 18.8 Å². The number of hydrogen-bond donors (Lipinski definition) is 6. The molecule has 0 saturated heterocycles. The van der Waals surface area contributed by atoms with Crippen molar-refractivity contribution in [2.75, 3.05) is 0 Å². The first kappa shape index (κ1) is 29.6. The van der Waals surface area contributed by atoms with Crippen LogP contribution in [0.5, 0.6) is 0 Å². The Morgan fingerprint density at radius 2 is 1.37 bits per heavy atom. The van der Waals surface area contributed by atoms with Gasteiger partial charge in [-0.25, -0.2) is 4.79 Å². The highest BCUT2D eigenvalue weighted by Gasteiger charge is 2.32. The minimum Gasteiger partial charge on any atom is -0.481 e. The van der Waals surface area contributed by atoms with Crippen molar-refractivity contribution in [1.82, 2.24) is 16.0 Å². The van der Waals surface area contributed by atoms with Crippen LogP contribution in [0.2, 0.25) is 0 Å². The molecule has 1 aromatic carbocycles. The predicted octanol–water partition coefficient (Wildman–Crippen LogP) is 0.272. The smallest absolute Gasteiger partial charge is 0.326 e. The van der Waals surface area contributed by atoms with E-state index < -0.39 is 66.2 Å². The molecule has 0 aromatic heterocycles. The minimum atomic E-state index is -1.35. The standard InChI is InChI=1S/C24H36N4O7/c1-13(2)10-17(26-21(31)16(25)12-19(29)30)22(32)27-18(11-15-8-6-5-7-9-15)23(33)28-20(14(3)4)24(34)35/h5-9,13-14,16-18,20H,10-12,25H2,1-4H3,(H,26,31)(H,27,32)(H,28,33)(H,29,30)(H,34,35)/t16-,17-,18-,20-/m0/s1. The van der Waals surface area contributed by atoms with Crippen molar-refractivity contribution in [1.29, 1.82) is 0 Å². The van der Waals surface area contributed by atoms with Gasteiger partial charge in [-0.15, -0.1) is 0 Å². The van der Waals surface area contributed by atoms with Crippen LogP contribution in [0.3, 0.4) is 0 Å². The number of amides is 3. The van der Waals surface area contributed by atoms with Gasteiger partial charge in [0.15, 0.2) is 0 Å². The lowest BCUT2D eigenvalue weighted by molar-refractivity contribution is -0.143. The lowest BCUT2D eigenvalue weighted by Crippen LogP contribution is -2.58. The molecule has 0 heterocycles. The number of benzene rings is 1. The number of rotatable bonds is 14. The van der Waals surface area contributed by atoms with E-state index in [9.17, 15) is 29.1 Å². The highest BCUT2D eigenvalue weighted by Crippen LogP contribution is 2.10. The van der Waals surface area contributed by atoms with Crippen molar-refractivity contribution in [3.05, 3.63) is 35.9 Å². The number of nitrogens with one attached hydrogen (secondary N) is 3. The fourth-order valence-corrected chi connectivity index (χ4v) is 3.36. The summed E-state index contributed by atoms with van der Waals surface area (Å²) in [5, 5.41) is 25.9. The Hall–Kier alpha value is -3.47. The monoisotopic (exact) mass is 492 g/mol. The summed E-state index contributed by atoms with van der Waals surface area (Å²) in [5.41, 5.74) is 6.35. The van der Waals surface area contributed by atoms with E-state index in [1.165, 1.54) is 0 Å². The van der Waals surface area contributed by atoms with Crippen LogP contribution in [0.25, 0.3) is 0 Å².